The summed E-state index contributed by atoms with van der Waals surface area (Å²) in [6.45, 7) is 2.15. The lowest BCUT2D eigenvalue weighted by Gasteiger charge is -2.14. The van der Waals surface area contributed by atoms with Crippen LogP contribution in [-0.2, 0) is 12.8 Å². The van der Waals surface area contributed by atoms with Gasteiger partial charge in [0.1, 0.15) is 11.2 Å². The Labute approximate surface area is 221 Å². The molecule has 0 saturated heterocycles. The Balaban J connectivity index is 1.39. The fourth-order valence-corrected chi connectivity index (χ4v) is 5.35. The molecule has 0 unspecified atom stereocenters. The number of furan rings is 1. The van der Waals surface area contributed by atoms with Gasteiger partial charge in [0.05, 0.1) is 22.4 Å². The first kappa shape index (κ1) is 22.4. The topological polar surface area (TPSA) is 38.9 Å². The van der Waals surface area contributed by atoms with E-state index in [2.05, 4.69) is 85.8 Å². The highest BCUT2D eigenvalue weighted by Gasteiger charge is 2.17. The second-order valence-electron chi connectivity index (χ2n) is 9.80. The van der Waals surface area contributed by atoms with E-state index in [0.717, 1.165) is 73.9 Å². The fourth-order valence-electron chi connectivity index (χ4n) is 5.35. The summed E-state index contributed by atoms with van der Waals surface area (Å²) in [5, 5.41) is 2.27. The number of hydrogen-bond acceptors (Lipinski definition) is 3. The van der Waals surface area contributed by atoms with E-state index in [0.29, 0.717) is 0 Å². The smallest absolute Gasteiger partial charge is 0.143 e. The van der Waals surface area contributed by atoms with E-state index in [1.165, 1.54) is 11.1 Å². The molecule has 0 aliphatic carbocycles. The average Bonchev–Trinajstić information content (AvgIpc) is 3.35. The molecule has 2 heterocycles. The Bertz CT molecular complexity index is 1940. The molecule has 0 bridgehead atoms. The highest BCUT2D eigenvalue weighted by atomic mass is 16.3. The van der Waals surface area contributed by atoms with Crippen LogP contribution in [-0.4, -0.2) is 9.97 Å². The van der Waals surface area contributed by atoms with Gasteiger partial charge in [-0.25, -0.2) is 9.97 Å². The fraction of sp³-hybridized carbons (Fsp3) is 0.0857. The SMILES string of the molecule is Cc1ccc(-c2cccc3c2oc2ccccc23)cc1-c1nc2ccccc2nc1CCc1ccccc1. The summed E-state index contributed by atoms with van der Waals surface area (Å²) in [5.74, 6) is 0. The molecule has 0 atom stereocenters. The molecule has 7 rings (SSSR count). The Morgan fingerprint density at radius 2 is 1.34 bits per heavy atom. The van der Waals surface area contributed by atoms with Crippen molar-refractivity contribution < 1.29 is 4.42 Å². The predicted octanol–water partition coefficient (Wildman–Crippen LogP) is 8.96. The second-order valence-corrected chi connectivity index (χ2v) is 9.80. The van der Waals surface area contributed by atoms with Gasteiger partial charge in [-0.2, -0.15) is 0 Å². The third-order valence-corrected chi connectivity index (χ3v) is 7.34. The minimum Gasteiger partial charge on any atom is -0.455 e. The summed E-state index contributed by atoms with van der Waals surface area (Å²) < 4.78 is 6.35. The van der Waals surface area contributed by atoms with Crippen molar-refractivity contribution in [1.29, 1.82) is 0 Å². The lowest BCUT2D eigenvalue weighted by molar-refractivity contribution is 0.670. The number of aryl methyl sites for hydroxylation is 3. The maximum absolute atomic E-state index is 6.35. The monoisotopic (exact) mass is 490 g/mol. The maximum atomic E-state index is 6.35. The van der Waals surface area contributed by atoms with Crippen LogP contribution >= 0.6 is 0 Å². The highest BCUT2D eigenvalue weighted by molar-refractivity contribution is 6.09. The summed E-state index contributed by atoms with van der Waals surface area (Å²) in [6.07, 6.45) is 1.73. The quantitative estimate of drug-likeness (QED) is 0.242. The second kappa shape index (κ2) is 9.28. The predicted molar refractivity (Wildman–Crippen MR) is 156 cm³/mol. The molecule has 0 N–H and O–H groups in total. The van der Waals surface area contributed by atoms with Gasteiger partial charge < -0.3 is 4.42 Å². The summed E-state index contributed by atoms with van der Waals surface area (Å²) in [7, 11) is 0. The van der Waals surface area contributed by atoms with Gasteiger partial charge in [0.25, 0.3) is 0 Å². The van der Waals surface area contributed by atoms with Gasteiger partial charge in [-0.3, -0.25) is 0 Å². The normalized spacial score (nSPS) is 11.5. The van der Waals surface area contributed by atoms with Crippen LogP contribution < -0.4 is 0 Å². The molecule has 0 radical (unpaired) electrons. The van der Waals surface area contributed by atoms with Gasteiger partial charge in [-0.1, -0.05) is 91.0 Å². The van der Waals surface area contributed by atoms with E-state index in [4.69, 9.17) is 14.4 Å². The van der Waals surface area contributed by atoms with Crippen molar-refractivity contribution in [2.24, 2.45) is 0 Å². The number of para-hydroxylation sites is 4. The van der Waals surface area contributed by atoms with Crippen LogP contribution in [0.2, 0.25) is 0 Å². The van der Waals surface area contributed by atoms with Crippen LogP contribution in [0.4, 0.5) is 0 Å². The number of fused-ring (bicyclic) bond motifs is 4. The van der Waals surface area contributed by atoms with Crippen LogP contribution in [0.25, 0.3) is 55.4 Å². The maximum Gasteiger partial charge on any atom is 0.143 e. The van der Waals surface area contributed by atoms with Crippen molar-refractivity contribution in [1.82, 2.24) is 9.97 Å². The highest BCUT2D eigenvalue weighted by Crippen LogP contribution is 2.38. The Morgan fingerprint density at radius 3 is 2.21 bits per heavy atom. The number of nitrogens with zero attached hydrogens (tertiary/aromatic N) is 2. The molecule has 3 nitrogen and oxygen atoms in total. The van der Waals surface area contributed by atoms with Crippen molar-refractivity contribution in [3.8, 4) is 22.4 Å². The first-order valence-electron chi connectivity index (χ1n) is 13.1. The van der Waals surface area contributed by atoms with E-state index in [1.54, 1.807) is 0 Å². The van der Waals surface area contributed by atoms with Crippen molar-refractivity contribution in [3.05, 3.63) is 132 Å². The van der Waals surface area contributed by atoms with Crippen LogP contribution in [0, 0.1) is 6.92 Å². The molecule has 182 valence electrons. The van der Waals surface area contributed by atoms with Gasteiger partial charge >= 0.3 is 0 Å². The van der Waals surface area contributed by atoms with Crippen LogP contribution in [0.15, 0.2) is 120 Å². The first-order valence-corrected chi connectivity index (χ1v) is 13.1. The zero-order valence-electron chi connectivity index (χ0n) is 21.2. The lowest BCUT2D eigenvalue weighted by atomic mass is 9.94. The van der Waals surface area contributed by atoms with Crippen molar-refractivity contribution >= 4 is 33.0 Å². The van der Waals surface area contributed by atoms with Gasteiger partial charge in [-0.05, 0) is 60.7 Å². The average molecular weight is 491 g/mol. The zero-order valence-corrected chi connectivity index (χ0v) is 21.2. The number of aromatic nitrogens is 2. The number of hydrogen-bond donors (Lipinski definition) is 0. The van der Waals surface area contributed by atoms with Crippen molar-refractivity contribution in [3.63, 3.8) is 0 Å². The molecule has 0 saturated carbocycles. The molecule has 0 fully saturated rings. The van der Waals surface area contributed by atoms with Gasteiger partial charge in [0, 0.05) is 21.9 Å². The van der Waals surface area contributed by atoms with Crippen LogP contribution in [0.1, 0.15) is 16.8 Å². The minimum atomic E-state index is 0.819. The van der Waals surface area contributed by atoms with E-state index >= 15 is 0 Å². The molecule has 7 aromatic rings. The Morgan fingerprint density at radius 1 is 0.605 bits per heavy atom. The Hall–Kier alpha value is -4.76. The molecule has 0 amide bonds. The number of benzene rings is 5. The van der Waals surface area contributed by atoms with Gasteiger partial charge in [-0.15, -0.1) is 0 Å². The molecule has 0 aliphatic rings. The molecule has 3 heteroatoms. The minimum absolute atomic E-state index is 0.819. The molecular weight excluding hydrogens is 464 g/mol. The zero-order chi connectivity index (χ0) is 25.5. The molecule has 0 aliphatic heterocycles. The number of rotatable bonds is 5. The van der Waals surface area contributed by atoms with Crippen molar-refractivity contribution in [2.75, 3.05) is 0 Å². The summed E-state index contributed by atoms with van der Waals surface area (Å²) in [4.78, 5) is 10.3. The largest absolute Gasteiger partial charge is 0.455 e. The third kappa shape index (κ3) is 3.93. The third-order valence-electron chi connectivity index (χ3n) is 7.34. The molecule has 5 aromatic carbocycles. The summed E-state index contributed by atoms with van der Waals surface area (Å²) >= 11 is 0. The van der Waals surface area contributed by atoms with Crippen LogP contribution in [0.5, 0.6) is 0 Å². The van der Waals surface area contributed by atoms with E-state index < -0.39 is 0 Å². The van der Waals surface area contributed by atoms with E-state index in [9.17, 15) is 0 Å². The van der Waals surface area contributed by atoms with Crippen LogP contribution in [0.3, 0.4) is 0 Å². The lowest BCUT2D eigenvalue weighted by Crippen LogP contribution is -2.02. The molecule has 2 aromatic heterocycles. The van der Waals surface area contributed by atoms with Gasteiger partial charge in [0.15, 0.2) is 0 Å². The van der Waals surface area contributed by atoms with Gasteiger partial charge in [0.2, 0.25) is 0 Å². The Kier molecular flexibility index (Phi) is 5.48. The standard InChI is InChI=1S/C35H26N2O/c1-23-18-20-25(26-13-9-14-28-27-12-5-8-17-33(27)38-35(26)28)22-29(23)34-32(21-19-24-10-3-2-4-11-24)36-30-15-6-7-16-31(30)37-34/h2-18,20,22H,19,21H2,1H3. The first-order chi connectivity index (χ1) is 18.7. The van der Waals surface area contributed by atoms with E-state index in [1.807, 2.05) is 36.4 Å². The van der Waals surface area contributed by atoms with Crippen molar-refractivity contribution in [2.45, 2.75) is 19.8 Å². The molecular formula is C35H26N2O. The summed E-state index contributed by atoms with van der Waals surface area (Å²) in [5.41, 5.74) is 11.4. The molecule has 0 spiro atoms. The molecule has 38 heavy (non-hydrogen) atoms. The summed E-state index contributed by atoms with van der Waals surface area (Å²) in [6, 6.07) is 40.0. The van der Waals surface area contributed by atoms with E-state index in [-0.39, 0.29) is 0 Å².